The molecular formula is C10H16N2O. The summed E-state index contributed by atoms with van der Waals surface area (Å²) in [5.41, 5.74) is 0.365. The molecule has 1 rings (SSSR count). The summed E-state index contributed by atoms with van der Waals surface area (Å²) in [5, 5.41) is 8.37. The van der Waals surface area contributed by atoms with Crippen LogP contribution in [0, 0.1) is 16.7 Å². The first-order valence-electron chi connectivity index (χ1n) is 4.70. The summed E-state index contributed by atoms with van der Waals surface area (Å²) >= 11 is 0. The highest BCUT2D eigenvalue weighted by Crippen LogP contribution is 2.29. The van der Waals surface area contributed by atoms with Gasteiger partial charge in [0.2, 0.25) is 5.91 Å². The second-order valence-electron chi connectivity index (χ2n) is 4.38. The topological polar surface area (TPSA) is 44.1 Å². The Hall–Kier alpha value is -1.04. The third-order valence-corrected chi connectivity index (χ3v) is 2.70. The Balaban J connectivity index is 2.42. The minimum atomic E-state index is -0.0157. The first kappa shape index (κ1) is 10.0. The van der Waals surface area contributed by atoms with Crippen LogP contribution in [-0.4, -0.2) is 23.9 Å². The summed E-state index contributed by atoms with van der Waals surface area (Å²) in [5.74, 6) is -0.0157. The molecule has 1 amide bonds. The molecule has 0 aliphatic carbocycles. The number of nitriles is 1. The first-order chi connectivity index (χ1) is 6.05. The summed E-state index contributed by atoms with van der Waals surface area (Å²) in [6.07, 6.45) is 2.12. The van der Waals surface area contributed by atoms with Crippen molar-refractivity contribution >= 4 is 5.91 Å². The molecule has 1 saturated heterocycles. The standard InChI is InChI=1S/C10H16N2O/c1-10(2)4-7-12(8-5-10)9(13)3-6-11/h3-5,7-8H2,1-2H3. The molecule has 0 saturated carbocycles. The molecule has 72 valence electrons. The highest BCUT2D eigenvalue weighted by Gasteiger charge is 2.27. The van der Waals surface area contributed by atoms with Crippen LogP contribution in [0.15, 0.2) is 0 Å². The average molecular weight is 180 g/mol. The summed E-state index contributed by atoms with van der Waals surface area (Å²) in [6.45, 7) is 6.07. The smallest absolute Gasteiger partial charge is 0.236 e. The maximum Gasteiger partial charge on any atom is 0.236 e. The second-order valence-corrected chi connectivity index (χ2v) is 4.38. The molecule has 1 fully saturated rings. The Labute approximate surface area is 79.3 Å². The molecule has 0 unspecified atom stereocenters. The predicted octanol–water partition coefficient (Wildman–Crippen LogP) is 1.55. The van der Waals surface area contributed by atoms with Crippen molar-refractivity contribution < 1.29 is 4.79 Å². The zero-order valence-electron chi connectivity index (χ0n) is 8.34. The van der Waals surface area contributed by atoms with E-state index in [0.717, 1.165) is 25.9 Å². The number of rotatable bonds is 1. The maximum absolute atomic E-state index is 11.3. The molecule has 13 heavy (non-hydrogen) atoms. The van der Waals surface area contributed by atoms with Crippen LogP contribution in [0.4, 0.5) is 0 Å². The van der Waals surface area contributed by atoms with E-state index in [9.17, 15) is 4.79 Å². The van der Waals surface area contributed by atoms with Gasteiger partial charge >= 0.3 is 0 Å². The molecule has 0 aromatic carbocycles. The Morgan fingerprint density at radius 2 is 2.00 bits per heavy atom. The fourth-order valence-corrected chi connectivity index (χ4v) is 1.54. The Kier molecular flexibility index (Phi) is 2.92. The van der Waals surface area contributed by atoms with Crippen molar-refractivity contribution in [2.45, 2.75) is 33.1 Å². The van der Waals surface area contributed by atoms with Crippen molar-refractivity contribution in [2.24, 2.45) is 5.41 Å². The molecule has 1 aliphatic rings. The number of carbonyl (C=O) groups is 1. The quantitative estimate of drug-likeness (QED) is 0.614. The predicted molar refractivity (Wildman–Crippen MR) is 49.8 cm³/mol. The van der Waals surface area contributed by atoms with Crippen molar-refractivity contribution in [2.75, 3.05) is 13.1 Å². The first-order valence-corrected chi connectivity index (χ1v) is 4.70. The van der Waals surface area contributed by atoms with Crippen LogP contribution in [0.25, 0.3) is 0 Å². The average Bonchev–Trinajstić information content (AvgIpc) is 2.04. The van der Waals surface area contributed by atoms with Crippen LogP contribution in [0.2, 0.25) is 0 Å². The van der Waals surface area contributed by atoms with Crippen LogP contribution in [0.1, 0.15) is 33.1 Å². The normalized spacial score (nSPS) is 20.8. The van der Waals surface area contributed by atoms with Crippen LogP contribution < -0.4 is 0 Å². The van der Waals surface area contributed by atoms with Crippen LogP contribution >= 0.6 is 0 Å². The Morgan fingerprint density at radius 1 is 1.46 bits per heavy atom. The largest absolute Gasteiger partial charge is 0.342 e. The third kappa shape index (κ3) is 2.73. The van der Waals surface area contributed by atoms with E-state index in [1.54, 1.807) is 4.90 Å². The van der Waals surface area contributed by atoms with Crippen molar-refractivity contribution in [3.8, 4) is 6.07 Å². The van der Waals surface area contributed by atoms with E-state index in [4.69, 9.17) is 5.26 Å². The number of piperidine rings is 1. The highest BCUT2D eigenvalue weighted by atomic mass is 16.2. The molecule has 0 radical (unpaired) electrons. The molecule has 0 atom stereocenters. The fourth-order valence-electron chi connectivity index (χ4n) is 1.54. The van der Waals surface area contributed by atoms with Gasteiger partial charge in [0.05, 0.1) is 6.07 Å². The van der Waals surface area contributed by atoms with Crippen LogP contribution in [0.5, 0.6) is 0 Å². The molecule has 1 aliphatic heterocycles. The number of nitrogens with zero attached hydrogens (tertiary/aromatic N) is 2. The van der Waals surface area contributed by atoms with Gasteiger partial charge in [0.15, 0.2) is 0 Å². The molecule has 0 N–H and O–H groups in total. The number of likely N-dealkylation sites (tertiary alicyclic amines) is 1. The molecule has 0 aromatic heterocycles. The fraction of sp³-hybridized carbons (Fsp3) is 0.800. The summed E-state index contributed by atoms with van der Waals surface area (Å²) in [4.78, 5) is 13.1. The van der Waals surface area contributed by atoms with E-state index in [1.165, 1.54) is 0 Å². The van der Waals surface area contributed by atoms with Gasteiger partial charge in [-0.3, -0.25) is 4.79 Å². The lowest BCUT2D eigenvalue weighted by Crippen LogP contribution is -2.40. The molecule has 0 aromatic rings. The Morgan fingerprint density at radius 3 is 2.46 bits per heavy atom. The highest BCUT2D eigenvalue weighted by molar-refractivity contribution is 5.78. The lowest BCUT2D eigenvalue weighted by Gasteiger charge is -2.36. The lowest BCUT2D eigenvalue weighted by molar-refractivity contribution is -0.132. The van der Waals surface area contributed by atoms with Gasteiger partial charge in [0, 0.05) is 13.1 Å². The number of carbonyl (C=O) groups excluding carboxylic acids is 1. The van der Waals surface area contributed by atoms with E-state index in [2.05, 4.69) is 13.8 Å². The van der Waals surface area contributed by atoms with Gasteiger partial charge in [-0.25, -0.2) is 0 Å². The molecule has 0 spiro atoms. The number of amides is 1. The van der Waals surface area contributed by atoms with Gasteiger partial charge in [-0.1, -0.05) is 13.8 Å². The summed E-state index contributed by atoms with van der Waals surface area (Å²) in [6, 6.07) is 1.89. The molecule has 0 bridgehead atoms. The van der Waals surface area contributed by atoms with Crippen molar-refractivity contribution in [1.29, 1.82) is 5.26 Å². The van der Waals surface area contributed by atoms with E-state index < -0.39 is 0 Å². The van der Waals surface area contributed by atoms with E-state index in [-0.39, 0.29) is 12.3 Å². The number of hydrogen-bond acceptors (Lipinski definition) is 2. The molecule has 1 heterocycles. The summed E-state index contributed by atoms with van der Waals surface area (Å²) in [7, 11) is 0. The minimum absolute atomic E-state index is 0.0157. The van der Waals surface area contributed by atoms with Gasteiger partial charge in [-0.05, 0) is 18.3 Å². The Bertz CT molecular complexity index is 230. The van der Waals surface area contributed by atoms with Gasteiger partial charge in [-0.15, -0.1) is 0 Å². The van der Waals surface area contributed by atoms with Crippen molar-refractivity contribution in [1.82, 2.24) is 4.90 Å². The minimum Gasteiger partial charge on any atom is -0.342 e. The summed E-state index contributed by atoms with van der Waals surface area (Å²) < 4.78 is 0. The lowest BCUT2D eigenvalue weighted by atomic mass is 9.82. The molecule has 3 nitrogen and oxygen atoms in total. The third-order valence-electron chi connectivity index (χ3n) is 2.70. The number of hydrogen-bond donors (Lipinski definition) is 0. The van der Waals surface area contributed by atoms with Crippen molar-refractivity contribution in [3.05, 3.63) is 0 Å². The van der Waals surface area contributed by atoms with Crippen molar-refractivity contribution in [3.63, 3.8) is 0 Å². The SMILES string of the molecule is CC1(C)CCN(C(=O)CC#N)CC1. The zero-order chi connectivity index (χ0) is 9.90. The van der Waals surface area contributed by atoms with Gasteiger partial charge in [0.25, 0.3) is 0 Å². The van der Waals surface area contributed by atoms with Gasteiger partial charge in [0.1, 0.15) is 6.42 Å². The van der Waals surface area contributed by atoms with E-state index in [0.29, 0.717) is 5.41 Å². The molecule has 3 heteroatoms. The van der Waals surface area contributed by atoms with Crippen LogP contribution in [-0.2, 0) is 4.79 Å². The van der Waals surface area contributed by atoms with Crippen LogP contribution in [0.3, 0.4) is 0 Å². The monoisotopic (exact) mass is 180 g/mol. The zero-order valence-corrected chi connectivity index (χ0v) is 8.34. The maximum atomic E-state index is 11.3. The van der Waals surface area contributed by atoms with Gasteiger partial charge in [-0.2, -0.15) is 5.26 Å². The second kappa shape index (κ2) is 3.78. The van der Waals surface area contributed by atoms with Gasteiger partial charge < -0.3 is 4.90 Å². The molecular weight excluding hydrogens is 164 g/mol. The van der Waals surface area contributed by atoms with E-state index in [1.807, 2.05) is 6.07 Å². The van der Waals surface area contributed by atoms with E-state index >= 15 is 0 Å².